The molecule has 1 unspecified atom stereocenters. The van der Waals surface area contributed by atoms with Gasteiger partial charge in [0.25, 0.3) is 0 Å². The molecule has 0 aromatic carbocycles. The first-order valence-corrected chi connectivity index (χ1v) is 8.16. The molecular formula is C15H25N5O. The van der Waals surface area contributed by atoms with E-state index in [1.54, 1.807) is 0 Å². The van der Waals surface area contributed by atoms with Crippen molar-refractivity contribution in [3.63, 3.8) is 0 Å². The maximum atomic E-state index is 12.1. The van der Waals surface area contributed by atoms with Gasteiger partial charge in [0.2, 0.25) is 5.91 Å². The Labute approximate surface area is 125 Å². The number of rotatable bonds is 5. The number of fused-ring (bicyclic) bond motifs is 1. The number of amides is 1. The molecule has 2 aliphatic rings. The smallest absolute Gasteiger partial charge is 0.220 e. The van der Waals surface area contributed by atoms with E-state index < -0.39 is 0 Å². The predicted molar refractivity (Wildman–Crippen MR) is 79.7 cm³/mol. The molecule has 1 fully saturated rings. The molecule has 6 heteroatoms. The van der Waals surface area contributed by atoms with Crippen molar-refractivity contribution >= 4 is 5.91 Å². The van der Waals surface area contributed by atoms with E-state index in [-0.39, 0.29) is 11.9 Å². The second kappa shape index (κ2) is 6.56. The van der Waals surface area contributed by atoms with Gasteiger partial charge in [-0.05, 0) is 51.6 Å². The van der Waals surface area contributed by atoms with Crippen LogP contribution in [-0.2, 0) is 17.8 Å². The second-order valence-corrected chi connectivity index (χ2v) is 6.25. The van der Waals surface area contributed by atoms with Gasteiger partial charge >= 0.3 is 0 Å². The van der Waals surface area contributed by atoms with Crippen molar-refractivity contribution in [3.05, 3.63) is 11.6 Å². The number of nitrogens with one attached hydrogen (secondary N) is 2. The van der Waals surface area contributed by atoms with Crippen LogP contribution in [-0.4, -0.2) is 33.8 Å². The summed E-state index contributed by atoms with van der Waals surface area (Å²) in [4.78, 5) is 12.1. The summed E-state index contributed by atoms with van der Waals surface area (Å²) in [6.07, 6.45) is 6.15. The monoisotopic (exact) mass is 291 g/mol. The first-order valence-electron chi connectivity index (χ1n) is 8.16. The first kappa shape index (κ1) is 14.5. The fourth-order valence-corrected chi connectivity index (χ4v) is 3.38. The van der Waals surface area contributed by atoms with E-state index in [2.05, 4.69) is 25.4 Å². The third-order valence-electron chi connectivity index (χ3n) is 4.64. The Hall–Kier alpha value is -1.43. The van der Waals surface area contributed by atoms with Gasteiger partial charge in [-0.15, -0.1) is 10.2 Å². The zero-order valence-corrected chi connectivity index (χ0v) is 12.8. The third-order valence-corrected chi connectivity index (χ3v) is 4.64. The Morgan fingerprint density at radius 1 is 1.43 bits per heavy atom. The minimum Gasteiger partial charge on any atom is -0.346 e. The highest BCUT2D eigenvalue weighted by Gasteiger charge is 2.22. The van der Waals surface area contributed by atoms with Crippen molar-refractivity contribution in [1.82, 2.24) is 25.4 Å². The molecule has 1 saturated heterocycles. The maximum Gasteiger partial charge on any atom is 0.220 e. The van der Waals surface area contributed by atoms with Crippen molar-refractivity contribution in [2.24, 2.45) is 5.92 Å². The number of nitrogens with zero attached hydrogens (tertiary/aromatic N) is 3. The van der Waals surface area contributed by atoms with Gasteiger partial charge in [0.1, 0.15) is 5.82 Å². The van der Waals surface area contributed by atoms with Crippen molar-refractivity contribution < 1.29 is 4.79 Å². The largest absolute Gasteiger partial charge is 0.346 e. The van der Waals surface area contributed by atoms with E-state index in [4.69, 9.17) is 0 Å². The van der Waals surface area contributed by atoms with Crippen molar-refractivity contribution in [1.29, 1.82) is 0 Å². The number of carbonyl (C=O) groups excluding carboxylic acids is 1. The van der Waals surface area contributed by atoms with Gasteiger partial charge < -0.3 is 15.2 Å². The lowest BCUT2D eigenvalue weighted by atomic mass is 9.93. The number of piperidine rings is 1. The molecule has 0 spiro atoms. The summed E-state index contributed by atoms with van der Waals surface area (Å²) in [5, 5.41) is 14.9. The molecule has 21 heavy (non-hydrogen) atoms. The van der Waals surface area contributed by atoms with Gasteiger partial charge in [-0.25, -0.2) is 0 Å². The summed E-state index contributed by atoms with van der Waals surface area (Å²) < 4.78 is 2.15. The van der Waals surface area contributed by atoms with E-state index in [1.165, 1.54) is 12.8 Å². The molecular weight excluding hydrogens is 266 g/mol. The zero-order valence-electron chi connectivity index (χ0n) is 12.8. The summed E-state index contributed by atoms with van der Waals surface area (Å²) >= 11 is 0. The van der Waals surface area contributed by atoms with Gasteiger partial charge in [-0.3, -0.25) is 4.79 Å². The Balaban J connectivity index is 1.47. The fourth-order valence-electron chi connectivity index (χ4n) is 3.38. The van der Waals surface area contributed by atoms with Crippen LogP contribution in [0.4, 0.5) is 0 Å². The van der Waals surface area contributed by atoms with Crippen LogP contribution in [0.5, 0.6) is 0 Å². The SMILES string of the molecule is CC(NC(=O)CCC1CCNCC1)c1nnc2n1CCC2. The van der Waals surface area contributed by atoms with Gasteiger partial charge in [0, 0.05) is 19.4 Å². The molecule has 1 aromatic heterocycles. The summed E-state index contributed by atoms with van der Waals surface area (Å²) in [7, 11) is 0. The number of hydrogen-bond acceptors (Lipinski definition) is 4. The van der Waals surface area contributed by atoms with Crippen molar-refractivity contribution in [2.75, 3.05) is 13.1 Å². The normalized spacial score (nSPS) is 20.2. The number of aryl methyl sites for hydroxylation is 1. The molecule has 1 aromatic rings. The molecule has 2 aliphatic heterocycles. The van der Waals surface area contributed by atoms with Crippen LogP contribution in [0.3, 0.4) is 0 Å². The van der Waals surface area contributed by atoms with Crippen LogP contribution in [0.15, 0.2) is 0 Å². The number of carbonyl (C=O) groups is 1. The average molecular weight is 291 g/mol. The summed E-state index contributed by atoms with van der Waals surface area (Å²) in [5.74, 6) is 2.79. The number of aromatic nitrogens is 3. The van der Waals surface area contributed by atoms with E-state index in [0.29, 0.717) is 12.3 Å². The zero-order chi connectivity index (χ0) is 14.7. The molecule has 0 bridgehead atoms. The van der Waals surface area contributed by atoms with Gasteiger partial charge in [0.15, 0.2) is 5.82 Å². The van der Waals surface area contributed by atoms with Crippen LogP contribution in [0.2, 0.25) is 0 Å². The lowest BCUT2D eigenvalue weighted by Crippen LogP contribution is -2.31. The Kier molecular flexibility index (Phi) is 4.53. The standard InChI is InChI=1S/C15H25N5O/c1-11(15-19-18-13-3-2-10-20(13)15)17-14(21)5-4-12-6-8-16-9-7-12/h11-12,16H,2-10H2,1H3,(H,17,21). The van der Waals surface area contributed by atoms with Crippen molar-refractivity contribution in [3.8, 4) is 0 Å². The molecule has 6 nitrogen and oxygen atoms in total. The lowest BCUT2D eigenvalue weighted by molar-refractivity contribution is -0.122. The third kappa shape index (κ3) is 3.43. The second-order valence-electron chi connectivity index (χ2n) is 6.25. The lowest BCUT2D eigenvalue weighted by Gasteiger charge is -2.22. The van der Waals surface area contributed by atoms with Crippen LogP contribution in [0.25, 0.3) is 0 Å². The topological polar surface area (TPSA) is 71.8 Å². The highest BCUT2D eigenvalue weighted by molar-refractivity contribution is 5.76. The van der Waals surface area contributed by atoms with E-state index >= 15 is 0 Å². The predicted octanol–water partition coefficient (Wildman–Crippen LogP) is 1.18. The molecule has 0 aliphatic carbocycles. The van der Waals surface area contributed by atoms with Crippen molar-refractivity contribution in [2.45, 2.75) is 58.0 Å². The molecule has 0 radical (unpaired) electrons. The van der Waals surface area contributed by atoms with Crippen LogP contribution >= 0.6 is 0 Å². The van der Waals surface area contributed by atoms with Crippen LogP contribution in [0.1, 0.15) is 56.7 Å². The highest BCUT2D eigenvalue weighted by atomic mass is 16.1. The van der Waals surface area contributed by atoms with Crippen LogP contribution < -0.4 is 10.6 Å². The Morgan fingerprint density at radius 2 is 2.24 bits per heavy atom. The van der Waals surface area contributed by atoms with Gasteiger partial charge in [-0.1, -0.05) is 0 Å². The minimum atomic E-state index is -0.0510. The maximum absolute atomic E-state index is 12.1. The van der Waals surface area contributed by atoms with E-state index in [1.807, 2.05) is 6.92 Å². The first-order chi connectivity index (χ1) is 10.2. The molecule has 0 saturated carbocycles. The van der Waals surface area contributed by atoms with Crippen LogP contribution in [0, 0.1) is 5.92 Å². The summed E-state index contributed by atoms with van der Waals surface area (Å²) in [5.41, 5.74) is 0. The van der Waals surface area contributed by atoms with E-state index in [9.17, 15) is 4.79 Å². The molecule has 1 amide bonds. The van der Waals surface area contributed by atoms with Gasteiger partial charge in [-0.2, -0.15) is 0 Å². The minimum absolute atomic E-state index is 0.0510. The molecule has 3 rings (SSSR count). The highest BCUT2D eigenvalue weighted by Crippen LogP contribution is 2.20. The quantitative estimate of drug-likeness (QED) is 0.854. The Morgan fingerprint density at radius 3 is 3.05 bits per heavy atom. The molecule has 116 valence electrons. The molecule has 1 atom stereocenters. The van der Waals surface area contributed by atoms with Gasteiger partial charge in [0.05, 0.1) is 6.04 Å². The fraction of sp³-hybridized carbons (Fsp3) is 0.800. The average Bonchev–Trinajstić information content (AvgIpc) is 3.09. The Bertz CT molecular complexity index is 492. The summed E-state index contributed by atoms with van der Waals surface area (Å²) in [6.45, 7) is 5.16. The number of hydrogen-bond donors (Lipinski definition) is 2. The van der Waals surface area contributed by atoms with E-state index in [0.717, 1.165) is 50.5 Å². The summed E-state index contributed by atoms with van der Waals surface area (Å²) in [6, 6.07) is -0.0510. The molecule has 3 heterocycles. The molecule has 2 N–H and O–H groups in total.